The molecule has 0 radical (unpaired) electrons. The molecule has 144 valence electrons. The van der Waals surface area contributed by atoms with E-state index in [1.165, 1.54) is 5.56 Å². The Hall–Kier alpha value is -3.44. The summed E-state index contributed by atoms with van der Waals surface area (Å²) in [5, 5.41) is 3.86. The molecule has 5 nitrogen and oxygen atoms in total. The molecule has 0 bridgehead atoms. The predicted molar refractivity (Wildman–Crippen MR) is 111 cm³/mol. The second-order valence-corrected chi connectivity index (χ2v) is 7.07. The number of para-hydroxylation sites is 1. The molecular formula is C24H20N2O3. The summed E-state index contributed by atoms with van der Waals surface area (Å²) in [4.78, 5) is 17.8. The molecule has 0 saturated carbocycles. The van der Waals surface area contributed by atoms with Crippen molar-refractivity contribution in [1.82, 2.24) is 10.3 Å². The number of hydrogen-bond acceptors (Lipinski definition) is 4. The van der Waals surface area contributed by atoms with Gasteiger partial charge in [0, 0.05) is 11.9 Å². The van der Waals surface area contributed by atoms with Crippen LogP contribution in [0.3, 0.4) is 0 Å². The Bertz CT molecular complexity index is 1170. The molecule has 0 spiro atoms. The average molecular weight is 384 g/mol. The third-order valence-corrected chi connectivity index (χ3v) is 5.27. The van der Waals surface area contributed by atoms with Gasteiger partial charge in [-0.15, -0.1) is 0 Å². The Kier molecular flexibility index (Phi) is 4.58. The summed E-state index contributed by atoms with van der Waals surface area (Å²) < 4.78 is 11.4. The van der Waals surface area contributed by atoms with Gasteiger partial charge in [0.2, 0.25) is 0 Å². The number of nitrogens with zero attached hydrogens (tertiary/aromatic N) is 1. The number of hydrogen-bond donors (Lipinski definition) is 1. The van der Waals surface area contributed by atoms with Crippen molar-refractivity contribution in [1.29, 1.82) is 0 Å². The number of furan rings is 1. The van der Waals surface area contributed by atoms with Crippen LogP contribution in [0.5, 0.6) is 0 Å². The molecule has 1 amide bonds. The first-order valence-corrected chi connectivity index (χ1v) is 9.71. The summed E-state index contributed by atoms with van der Waals surface area (Å²) >= 11 is 0. The number of benzene rings is 2. The molecule has 1 unspecified atom stereocenters. The first-order valence-electron chi connectivity index (χ1n) is 9.71. The summed E-state index contributed by atoms with van der Waals surface area (Å²) in [7, 11) is 0. The lowest BCUT2D eigenvalue weighted by atomic mass is 9.97. The predicted octanol–water partition coefficient (Wildman–Crippen LogP) is 4.54. The van der Waals surface area contributed by atoms with Crippen LogP contribution in [0, 0.1) is 0 Å². The van der Waals surface area contributed by atoms with Crippen molar-refractivity contribution in [3.8, 4) is 11.5 Å². The van der Waals surface area contributed by atoms with Crippen molar-refractivity contribution in [2.45, 2.75) is 12.5 Å². The van der Waals surface area contributed by atoms with Gasteiger partial charge < -0.3 is 14.5 Å². The molecule has 5 heteroatoms. The van der Waals surface area contributed by atoms with E-state index in [1.54, 1.807) is 12.3 Å². The molecule has 2 aromatic carbocycles. The summed E-state index contributed by atoms with van der Waals surface area (Å²) in [6.45, 7) is 1.08. The molecule has 5 rings (SSSR count). The normalized spacial score (nSPS) is 15.8. The Labute approximate surface area is 168 Å². The number of aromatic nitrogens is 1. The highest BCUT2D eigenvalue weighted by atomic mass is 16.5. The number of rotatable bonds is 4. The van der Waals surface area contributed by atoms with E-state index in [1.807, 2.05) is 48.5 Å². The highest BCUT2D eigenvalue weighted by Crippen LogP contribution is 2.27. The van der Waals surface area contributed by atoms with Gasteiger partial charge in [0.1, 0.15) is 11.8 Å². The van der Waals surface area contributed by atoms with Gasteiger partial charge in [-0.2, -0.15) is 0 Å². The standard InChI is InChI=1S/C24H20N2O3/c27-24(25-15-23-17-7-2-1-6-16(17)11-13-29-23)19-14-21(22-10-5-12-28-22)26-20-9-4-3-8-18(19)20/h1-10,12,14,23H,11,13,15H2,(H,25,27). The molecule has 1 N–H and O–H groups in total. The highest BCUT2D eigenvalue weighted by molar-refractivity contribution is 6.07. The molecule has 2 aromatic heterocycles. The summed E-state index contributed by atoms with van der Waals surface area (Å²) in [6.07, 6.45) is 2.37. The molecule has 0 aliphatic carbocycles. The van der Waals surface area contributed by atoms with Crippen molar-refractivity contribution in [2.75, 3.05) is 13.2 Å². The van der Waals surface area contributed by atoms with Gasteiger partial charge >= 0.3 is 0 Å². The second kappa shape index (κ2) is 7.53. The van der Waals surface area contributed by atoms with E-state index in [2.05, 4.69) is 22.4 Å². The minimum Gasteiger partial charge on any atom is -0.463 e. The molecule has 3 heterocycles. The number of amides is 1. The van der Waals surface area contributed by atoms with Crippen LogP contribution in [-0.2, 0) is 11.2 Å². The molecule has 0 saturated heterocycles. The smallest absolute Gasteiger partial charge is 0.252 e. The van der Waals surface area contributed by atoms with Crippen LogP contribution in [0.25, 0.3) is 22.4 Å². The SMILES string of the molecule is O=C(NCC1OCCc2ccccc21)c1cc(-c2ccco2)nc2ccccc12. The zero-order chi connectivity index (χ0) is 19.6. The van der Waals surface area contributed by atoms with Crippen molar-refractivity contribution in [3.63, 3.8) is 0 Å². The van der Waals surface area contributed by atoms with Crippen molar-refractivity contribution in [2.24, 2.45) is 0 Å². The second-order valence-electron chi connectivity index (χ2n) is 7.07. The first kappa shape index (κ1) is 17.6. The molecule has 1 atom stereocenters. The van der Waals surface area contributed by atoms with Crippen molar-refractivity contribution < 1.29 is 13.9 Å². The number of carbonyl (C=O) groups is 1. The van der Waals surface area contributed by atoms with Gasteiger partial charge in [0.05, 0.1) is 24.0 Å². The van der Waals surface area contributed by atoms with E-state index >= 15 is 0 Å². The van der Waals surface area contributed by atoms with Gasteiger partial charge in [-0.25, -0.2) is 4.98 Å². The largest absolute Gasteiger partial charge is 0.463 e. The van der Waals surface area contributed by atoms with Gasteiger partial charge in [-0.3, -0.25) is 4.79 Å². The first-order chi connectivity index (χ1) is 14.3. The van der Waals surface area contributed by atoms with Crippen LogP contribution in [-0.4, -0.2) is 24.0 Å². The lowest BCUT2D eigenvalue weighted by Crippen LogP contribution is -2.32. The Morgan fingerprint density at radius 3 is 2.83 bits per heavy atom. The number of nitrogens with one attached hydrogen (secondary N) is 1. The minimum absolute atomic E-state index is 0.137. The maximum absolute atomic E-state index is 13.1. The molecular weight excluding hydrogens is 364 g/mol. The van der Waals surface area contributed by atoms with Crippen LogP contribution in [0.15, 0.2) is 77.4 Å². The van der Waals surface area contributed by atoms with Gasteiger partial charge in [-0.05, 0) is 41.8 Å². The van der Waals surface area contributed by atoms with E-state index in [0.29, 0.717) is 30.2 Å². The quantitative estimate of drug-likeness (QED) is 0.561. The summed E-state index contributed by atoms with van der Waals surface area (Å²) in [6, 6.07) is 21.3. The topological polar surface area (TPSA) is 64.4 Å². The van der Waals surface area contributed by atoms with E-state index in [0.717, 1.165) is 22.9 Å². The van der Waals surface area contributed by atoms with E-state index in [9.17, 15) is 4.79 Å². The van der Waals surface area contributed by atoms with Crippen molar-refractivity contribution >= 4 is 16.8 Å². The van der Waals surface area contributed by atoms with E-state index in [-0.39, 0.29) is 12.0 Å². The fraction of sp³-hybridized carbons (Fsp3) is 0.167. The third kappa shape index (κ3) is 3.41. The van der Waals surface area contributed by atoms with E-state index < -0.39 is 0 Å². The summed E-state index contributed by atoms with van der Waals surface area (Å²) in [5.41, 5.74) is 4.40. The third-order valence-electron chi connectivity index (χ3n) is 5.27. The Morgan fingerprint density at radius 2 is 1.93 bits per heavy atom. The number of fused-ring (bicyclic) bond motifs is 2. The van der Waals surface area contributed by atoms with Crippen LogP contribution in [0.2, 0.25) is 0 Å². The molecule has 0 fully saturated rings. The molecule has 29 heavy (non-hydrogen) atoms. The number of pyridine rings is 1. The van der Waals surface area contributed by atoms with Crippen LogP contribution >= 0.6 is 0 Å². The van der Waals surface area contributed by atoms with Crippen molar-refractivity contribution in [3.05, 3.63) is 89.7 Å². The van der Waals surface area contributed by atoms with Gasteiger partial charge in [0.25, 0.3) is 5.91 Å². The van der Waals surface area contributed by atoms with Crippen LogP contribution in [0.1, 0.15) is 27.6 Å². The molecule has 4 aromatic rings. The maximum atomic E-state index is 13.1. The zero-order valence-corrected chi connectivity index (χ0v) is 15.8. The summed E-state index contributed by atoms with van der Waals surface area (Å²) in [5.74, 6) is 0.484. The van der Waals surface area contributed by atoms with Gasteiger partial charge in [-0.1, -0.05) is 42.5 Å². The maximum Gasteiger partial charge on any atom is 0.252 e. The molecule has 1 aliphatic heterocycles. The lowest BCUT2D eigenvalue weighted by Gasteiger charge is -2.26. The number of ether oxygens (including phenoxy) is 1. The fourth-order valence-electron chi connectivity index (χ4n) is 3.84. The van der Waals surface area contributed by atoms with E-state index in [4.69, 9.17) is 9.15 Å². The lowest BCUT2D eigenvalue weighted by molar-refractivity contribution is 0.0412. The van der Waals surface area contributed by atoms with Gasteiger partial charge in [0.15, 0.2) is 5.76 Å². The zero-order valence-electron chi connectivity index (χ0n) is 15.8. The monoisotopic (exact) mass is 384 g/mol. The fourth-order valence-corrected chi connectivity index (χ4v) is 3.84. The van der Waals surface area contributed by atoms with Crippen LogP contribution in [0.4, 0.5) is 0 Å². The average Bonchev–Trinajstić information content (AvgIpc) is 3.31. The Balaban J connectivity index is 1.44. The molecule has 1 aliphatic rings. The van der Waals surface area contributed by atoms with Crippen LogP contribution < -0.4 is 5.32 Å². The number of carbonyl (C=O) groups excluding carboxylic acids is 1. The Morgan fingerprint density at radius 1 is 1.07 bits per heavy atom. The highest BCUT2D eigenvalue weighted by Gasteiger charge is 2.22. The minimum atomic E-state index is -0.150.